The van der Waals surface area contributed by atoms with Gasteiger partial charge in [-0.3, -0.25) is 0 Å². The van der Waals surface area contributed by atoms with Gasteiger partial charge in [0.05, 0.1) is 0 Å². The highest BCUT2D eigenvalue weighted by molar-refractivity contribution is 4.81. The van der Waals surface area contributed by atoms with E-state index < -0.39 is 0 Å². The van der Waals surface area contributed by atoms with Crippen LogP contribution < -0.4 is 5.73 Å². The Hall–Kier alpha value is -0.0400. The quantitative estimate of drug-likeness (QED) is 0.524. The molecule has 42 valence electrons. The fourth-order valence-electron chi connectivity index (χ4n) is 1.10. The lowest BCUT2D eigenvalue weighted by atomic mass is 9.79. The summed E-state index contributed by atoms with van der Waals surface area (Å²) in [4.78, 5) is 0. The SMILES string of the molecule is CC[C@@H]1CC[C@H]1N. The molecule has 1 saturated carbocycles. The first-order valence-electron chi connectivity index (χ1n) is 3.10. The summed E-state index contributed by atoms with van der Waals surface area (Å²) in [5.41, 5.74) is 5.63. The molecule has 0 radical (unpaired) electrons. The highest BCUT2D eigenvalue weighted by Crippen LogP contribution is 2.27. The normalized spacial score (nSPS) is 40.3. The van der Waals surface area contributed by atoms with E-state index in [1.807, 2.05) is 0 Å². The Bertz CT molecular complexity index is 59.2. The van der Waals surface area contributed by atoms with Gasteiger partial charge >= 0.3 is 0 Å². The summed E-state index contributed by atoms with van der Waals surface area (Å²) in [7, 11) is 0. The minimum atomic E-state index is 0.546. The molecular weight excluding hydrogens is 86.1 g/mol. The van der Waals surface area contributed by atoms with E-state index in [0.717, 1.165) is 5.92 Å². The van der Waals surface area contributed by atoms with Crippen LogP contribution in [-0.4, -0.2) is 6.04 Å². The lowest BCUT2D eigenvalue weighted by Crippen LogP contribution is -2.38. The topological polar surface area (TPSA) is 26.0 Å². The summed E-state index contributed by atoms with van der Waals surface area (Å²) in [6.07, 6.45) is 3.91. The first-order valence-corrected chi connectivity index (χ1v) is 3.10. The lowest BCUT2D eigenvalue weighted by Gasteiger charge is -2.32. The second-order valence-corrected chi connectivity index (χ2v) is 2.41. The largest absolute Gasteiger partial charge is 0.327 e. The van der Waals surface area contributed by atoms with Gasteiger partial charge in [0, 0.05) is 6.04 Å². The fraction of sp³-hybridized carbons (Fsp3) is 1.00. The first kappa shape index (κ1) is 5.10. The van der Waals surface area contributed by atoms with Gasteiger partial charge in [0.1, 0.15) is 0 Å². The van der Waals surface area contributed by atoms with Crippen LogP contribution in [0.2, 0.25) is 0 Å². The maximum Gasteiger partial charge on any atom is 0.00671 e. The molecule has 0 aromatic heterocycles. The lowest BCUT2D eigenvalue weighted by molar-refractivity contribution is 0.250. The second kappa shape index (κ2) is 1.83. The van der Waals surface area contributed by atoms with Crippen LogP contribution in [-0.2, 0) is 0 Å². The van der Waals surface area contributed by atoms with Crippen molar-refractivity contribution in [2.24, 2.45) is 11.7 Å². The molecule has 0 heterocycles. The van der Waals surface area contributed by atoms with E-state index in [4.69, 9.17) is 5.73 Å². The Balaban J connectivity index is 2.16. The predicted octanol–water partition coefficient (Wildman–Crippen LogP) is 1.13. The maximum atomic E-state index is 5.63. The summed E-state index contributed by atoms with van der Waals surface area (Å²) in [6.45, 7) is 2.21. The van der Waals surface area contributed by atoms with Crippen molar-refractivity contribution >= 4 is 0 Å². The molecule has 0 saturated heterocycles. The number of hydrogen-bond donors (Lipinski definition) is 1. The maximum absolute atomic E-state index is 5.63. The Kier molecular flexibility index (Phi) is 1.33. The van der Waals surface area contributed by atoms with Crippen LogP contribution in [0.5, 0.6) is 0 Å². The zero-order chi connectivity index (χ0) is 5.28. The fourth-order valence-corrected chi connectivity index (χ4v) is 1.10. The Morgan fingerprint density at radius 1 is 1.57 bits per heavy atom. The van der Waals surface area contributed by atoms with Gasteiger partial charge in [-0.05, 0) is 18.8 Å². The van der Waals surface area contributed by atoms with Gasteiger partial charge < -0.3 is 5.73 Å². The van der Waals surface area contributed by atoms with Crippen LogP contribution in [0, 0.1) is 5.92 Å². The van der Waals surface area contributed by atoms with E-state index in [2.05, 4.69) is 6.92 Å². The molecule has 1 fully saturated rings. The van der Waals surface area contributed by atoms with Gasteiger partial charge in [-0.15, -0.1) is 0 Å². The summed E-state index contributed by atoms with van der Waals surface area (Å²) < 4.78 is 0. The van der Waals surface area contributed by atoms with Gasteiger partial charge in [-0.2, -0.15) is 0 Å². The third-order valence-electron chi connectivity index (χ3n) is 2.00. The van der Waals surface area contributed by atoms with Crippen molar-refractivity contribution in [3.05, 3.63) is 0 Å². The molecule has 2 N–H and O–H groups in total. The monoisotopic (exact) mass is 99.1 g/mol. The smallest absolute Gasteiger partial charge is 0.00671 e. The van der Waals surface area contributed by atoms with Crippen LogP contribution in [0.25, 0.3) is 0 Å². The van der Waals surface area contributed by atoms with Crippen molar-refractivity contribution in [2.45, 2.75) is 32.2 Å². The Morgan fingerprint density at radius 3 is 2.29 bits per heavy atom. The number of hydrogen-bond acceptors (Lipinski definition) is 1. The van der Waals surface area contributed by atoms with E-state index >= 15 is 0 Å². The van der Waals surface area contributed by atoms with E-state index in [9.17, 15) is 0 Å². The van der Waals surface area contributed by atoms with Crippen LogP contribution in [0.4, 0.5) is 0 Å². The molecule has 0 unspecified atom stereocenters. The molecule has 7 heavy (non-hydrogen) atoms. The zero-order valence-corrected chi connectivity index (χ0v) is 4.85. The van der Waals surface area contributed by atoms with Gasteiger partial charge in [0.15, 0.2) is 0 Å². The molecule has 0 bridgehead atoms. The van der Waals surface area contributed by atoms with Gasteiger partial charge in [-0.25, -0.2) is 0 Å². The zero-order valence-electron chi connectivity index (χ0n) is 4.85. The molecule has 2 atom stereocenters. The Labute approximate surface area is 44.9 Å². The first-order chi connectivity index (χ1) is 3.34. The van der Waals surface area contributed by atoms with Crippen molar-refractivity contribution in [2.75, 3.05) is 0 Å². The standard InChI is InChI=1S/C6H13N/c1-2-5-3-4-6(5)7/h5-6H,2-4,7H2,1H3/t5-,6-/m1/s1. The van der Waals surface area contributed by atoms with Crippen molar-refractivity contribution in [1.82, 2.24) is 0 Å². The van der Waals surface area contributed by atoms with E-state index in [0.29, 0.717) is 6.04 Å². The van der Waals surface area contributed by atoms with Crippen LogP contribution in [0.3, 0.4) is 0 Å². The molecule has 1 nitrogen and oxygen atoms in total. The molecule has 1 heteroatoms. The van der Waals surface area contributed by atoms with Crippen molar-refractivity contribution in [1.29, 1.82) is 0 Å². The molecule has 1 aliphatic carbocycles. The molecule has 0 amide bonds. The minimum Gasteiger partial charge on any atom is -0.327 e. The molecule has 0 aromatic carbocycles. The summed E-state index contributed by atoms with van der Waals surface area (Å²) in [5, 5.41) is 0. The summed E-state index contributed by atoms with van der Waals surface area (Å²) in [6, 6.07) is 0.546. The number of rotatable bonds is 1. The third kappa shape index (κ3) is 0.778. The van der Waals surface area contributed by atoms with E-state index in [-0.39, 0.29) is 0 Å². The highest BCUT2D eigenvalue weighted by Gasteiger charge is 2.24. The summed E-state index contributed by atoms with van der Waals surface area (Å²) >= 11 is 0. The van der Waals surface area contributed by atoms with Crippen molar-refractivity contribution in [3.8, 4) is 0 Å². The van der Waals surface area contributed by atoms with Crippen LogP contribution in [0.15, 0.2) is 0 Å². The van der Waals surface area contributed by atoms with Crippen molar-refractivity contribution < 1.29 is 0 Å². The van der Waals surface area contributed by atoms with E-state index in [1.54, 1.807) is 0 Å². The third-order valence-corrected chi connectivity index (χ3v) is 2.00. The molecule has 0 aliphatic heterocycles. The van der Waals surface area contributed by atoms with Gasteiger partial charge in [-0.1, -0.05) is 13.3 Å². The van der Waals surface area contributed by atoms with Gasteiger partial charge in [0.25, 0.3) is 0 Å². The average molecular weight is 99.2 g/mol. The highest BCUT2D eigenvalue weighted by atomic mass is 14.7. The molecule has 0 aromatic rings. The Morgan fingerprint density at radius 2 is 2.29 bits per heavy atom. The number of nitrogens with two attached hydrogens (primary N) is 1. The summed E-state index contributed by atoms with van der Waals surface area (Å²) in [5.74, 6) is 0.861. The molecular formula is C6H13N. The van der Waals surface area contributed by atoms with E-state index in [1.165, 1.54) is 19.3 Å². The van der Waals surface area contributed by atoms with Crippen LogP contribution >= 0.6 is 0 Å². The second-order valence-electron chi connectivity index (χ2n) is 2.41. The molecule has 1 aliphatic rings. The predicted molar refractivity (Wildman–Crippen MR) is 31.0 cm³/mol. The van der Waals surface area contributed by atoms with Crippen LogP contribution in [0.1, 0.15) is 26.2 Å². The molecule has 0 spiro atoms. The average Bonchev–Trinajstić information content (AvgIpc) is 1.65. The minimum absolute atomic E-state index is 0.546. The van der Waals surface area contributed by atoms with Crippen molar-refractivity contribution in [3.63, 3.8) is 0 Å². The van der Waals surface area contributed by atoms with Gasteiger partial charge in [0.2, 0.25) is 0 Å². The molecule has 1 rings (SSSR count).